The van der Waals surface area contributed by atoms with Crippen molar-refractivity contribution in [2.75, 3.05) is 0 Å². The van der Waals surface area contributed by atoms with Crippen LogP contribution in [0.4, 0.5) is 0 Å². The van der Waals surface area contributed by atoms with Crippen molar-refractivity contribution in [1.82, 2.24) is 0 Å². The summed E-state index contributed by atoms with van der Waals surface area (Å²) in [5.41, 5.74) is -0.982. The monoisotopic (exact) mass is 303 g/mol. The van der Waals surface area contributed by atoms with Crippen molar-refractivity contribution in [3.63, 3.8) is 0 Å². The van der Waals surface area contributed by atoms with E-state index in [0.717, 1.165) is 32.1 Å². The lowest BCUT2D eigenvalue weighted by Gasteiger charge is -2.61. The first-order valence-electron chi connectivity index (χ1n) is 6.32. The molecule has 0 saturated heterocycles. The van der Waals surface area contributed by atoms with Crippen molar-refractivity contribution in [2.45, 2.75) is 55.5 Å². The Bertz CT molecular complexity index is 368. The summed E-state index contributed by atoms with van der Waals surface area (Å²) in [5.74, 6) is 0.969. The summed E-state index contributed by atoms with van der Waals surface area (Å²) in [5, 5.41) is 21.9. The summed E-state index contributed by atoms with van der Waals surface area (Å²) in [6, 6.07) is 0. The summed E-state index contributed by atoms with van der Waals surface area (Å²) >= 11 is 3.35. The average molecular weight is 304 g/mol. The van der Waals surface area contributed by atoms with Crippen molar-refractivity contribution in [1.29, 1.82) is 0 Å². The fourth-order valence-electron chi connectivity index (χ4n) is 4.94. The van der Waals surface area contributed by atoms with Crippen LogP contribution in [-0.2, 0) is 0 Å². The van der Waals surface area contributed by atoms with Crippen molar-refractivity contribution < 1.29 is 10.0 Å². The Morgan fingerprint density at radius 3 is 2.29 bits per heavy atom. The maximum Gasteiger partial charge on any atom is 0.277 e. The topological polar surface area (TPSA) is 63.4 Å². The zero-order valence-corrected chi connectivity index (χ0v) is 11.6. The quantitative estimate of drug-likeness (QED) is 0.369. The Kier molecular flexibility index (Phi) is 2.26. The molecule has 3 unspecified atom stereocenters. The first-order valence-corrected chi connectivity index (χ1v) is 7.12. The van der Waals surface area contributed by atoms with Gasteiger partial charge >= 0.3 is 0 Å². The van der Waals surface area contributed by atoms with E-state index in [-0.39, 0.29) is 10.3 Å². The van der Waals surface area contributed by atoms with Crippen LogP contribution in [0.5, 0.6) is 0 Å². The number of alkyl halides is 1. The lowest BCUT2D eigenvalue weighted by Crippen LogP contribution is -2.63. The molecule has 4 aliphatic carbocycles. The Morgan fingerprint density at radius 2 is 1.88 bits per heavy atom. The Labute approximate surface area is 109 Å². The van der Waals surface area contributed by atoms with Gasteiger partial charge in [0.05, 0.1) is 11.0 Å². The van der Waals surface area contributed by atoms with Crippen LogP contribution in [0.2, 0.25) is 0 Å². The van der Waals surface area contributed by atoms with Gasteiger partial charge in [0.2, 0.25) is 0 Å². The lowest BCUT2D eigenvalue weighted by molar-refractivity contribution is -0.559. The maximum atomic E-state index is 11.3. The molecule has 96 valence electrons. The maximum absolute atomic E-state index is 11.3. The number of hydrogen-bond acceptors (Lipinski definition) is 3. The number of rotatable bonds is 2. The minimum atomic E-state index is -1.09. The van der Waals surface area contributed by atoms with Gasteiger partial charge in [-0.3, -0.25) is 10.1 Å². The molecule has 1 N–H and O–H groups in total. The summed E-state index contributed by atoms with van der Waals surface area (Å²) in [6.45, 7) is 1.67. The van der Waals surface area contributed by atoms with Gasteiger partial charge in [-0.15, -0.1) is 0 Å². The van der Waals surface area contributed by atoms with Crippen molar-refractivity contribution in [3.05, 3.63) is 10.1 Å². The first kappa shape index (κ1) is 11.9. The summed E-state index contributed by atoms with van der Waals surface area (Å²) in [7, 11) is 0. The fourth-order valence-corrected chi connectivity index (χ4v) is 5.41. The van der Waals surface area contributed by atoms with Crippen LogP contribution in [0, 0.1) is 27.4 Å². The fraction of sp³-hybridized carbons (Fsp3) is 1.00. The smallest absolute Gasteiger partial charge is 0.277 e. The zero-order chi connectivity index (χ0) is 12.5. The van der Waals surface area contributed by atoms with E-state index in [9.17, 15) is 15.2 Å². The van der Waals surface area contributed by atoms with Crippen LogP contribution in [0.25, 0.3) is 0 Å². The molecule has 3 atom stereocenters. The molecular formula is C12H18BrNO3. The van der Waals surface area contributed by atoms with Gasteiger partial charge < -0.3 is 5.11 Å². The molecule has 0 aliphatic heterocycles. The van der Waals surface area contributed by atoms with E-state index in [2.05, 4.69) is 15.9 Å². The SMILES string of the molecule is CC(Br)([N+](=O)[O-])C12CC3CC(CC(O)(C3)C1)C2. The van der Waals surface area contributed by atoms with E-state index < -0.39 is 10.0 Å². The van der Waals surface area contributed by atoms with Gasteiger partial charge in [0, 0.05) is 27.8 Å². The highest BCUT2D eigenvalue weighted by Gasteiger charge is 2.67. The Balaban J connectivity index is 2.01. The highest BCUT2D eigenvalue weighted by atomic mass is 79.9. The molecule has 0 aromatic heterocycles. The molecule has 0 aromatic carbocycles. The number of aliphatic hydroxyl groups is 1. The lowest BCUT2D eigenvalue weighted by atomic mass is 9.46. The molecule has 0 heterocycles. The number of halogens is 1. The predicted octanol–water partition coefficient (Wildman–Crippen LogP) is 2.71. The molecule has 17 heavy (non-hydrogen) atoms. The molecule has 4 fully saturated rings. The Hall–Kier alpha value is -0.160. The normalized spacial score (nSPS) is 51.2. The third-order valence-electron chi connectivity index (χ3n) is 5.34. The van der Waals surface area contributed by atoms with Crippen LogP contribution < -0.4 is 0 Å². The van der Waals surface area contributed by atoms with Crippen LogP contribution >= 0.6 is 15.9 Å². The molecular weight excluding hydrogens is 286 g/mol. The second kappa shape index (κ2) is 3.23. The number of nitro groups is 1. The summed E-state index contributed by atoms with van der Waals surface area (Å²) in [6.07, 6.45) is 5.25. The highest BCUT2D eigenvalue weighted by molar-refractivity contribution is 9.10. The summed E-state index contributed by atoms with van der Waals surface area (Å²) < 4.78 is -1.09. The Morgan fingerprint density at radius 1 is 1.35 bits per heavy atom. The van der Waals surface area contributed by atoms with E-state index in [0.29, 0.717) is 18.3 Å². The first-order chi connectivity index (χ1) is 7.76. The van der Waals surface area contributed by atoms with Gasteiger partial charge in [0.15, 0.2) is 0 Å². The zero-order valence-electron chi connectivity index (χ0n) is 9.99. The largest absolute Gasteiger partial charge is 0.390 e. The van der Waals surface area contributed by atoms with Crippen molar-refractivity contribution in [2.24, 2.45) is 17.3 Å². The molecule has 0 radical (unpaired) electrons. The standard InChI is InChI=1S/C12H18BrNO3/c1-10(13,14(16)17)11-3-8-2-9(4-11)6-12(15,5-8)7-11/h8-9,15H,2-7H2,1H3. The van der Waals surface area contributed by atoms with Crippen LogP contribution in [-0.4, -0.2) is 20.1 Å². The second-order valence-electron chi connectivity index (χ2n) is 6.68. The predicted molar refractivity (Wildman–Crippen MR) is 66.4 cm³/mol. The molecule has 5 heteroatoms. The van der Waals surface area contributed by atoms with E-state index in [1.165, 1.54) is 0 Å². The molecule has 0 aromatic rings. The van der Waals surface area contributed by atoms with Crippen molar-refractivity contribution >= 4 is 15.9 Å². The van der Waals surface area contributed by atoms with Crippen molar-refractivity contribution in [3.8, 4) is 0 Å². The van der Waals surface area contributed by atoms with Gasteiger partial charge in [0.1, 0.15) is 0 Å². The van der Waals surface area contributed by atoms with Gasteiger partial charge in [-0.1, -0.05) is 0 Å². The molecule has 4 nitrogen and oxygen atoms in total. The molecule has 0 amide bonds. The molecule has 4 rings (SSSR count). The van der Waals surface area contributed by atoms with E-state index in [4.69, 9.17) is 0 Å². The third kappa shape index (κ3) is 1.51. The van der Waals surface area contributed by atoms with E-state index in [1.807, 2.05) is 0 Å². The second-order valence-corrected chi connectivity index (χ2v) is 8.22. The molecule has 4 bridgehead atoms. The van der Waals surface area contributed by atoms with Gasteiger partial charge in [0.25, 0.3) is 4.45 Å². The number of nitrogens with zero attached hydrogens (tertiary/aromatic N) is 1. The molecule has 4 aliphatic rings. The highest BCUT2D eigenvalue weighted by Crippen LogP contribution is 2.66. The summed E-state index contributed by atoms with van der Waals surface area (Å²) in [4.78, 5) is 11.1. The van der Waals surface area contributed by atoms with Crippen LogP contribution in [0.15, 0.2) is 0 Å². The van der Waals surface area contributed by atoms with E-state index >= 15 is 0 Å². The molecule has 4 saturated carbocycles. The van der Waals surface area contributed by atoms with Gasteiger partial charge in [-0.25, -0.2) is 0 Å². The van der Waals surface area contributed by atoms with E-state index in [1.54, 1.807) is 6.92 Å². The average Bonchev–Trinajstić information content (AvgIpc) is 2.12. The number of hydrogen-bond donors (Lipinski definition) is 1. The minimum Gasteiger partial charge on any atom is -0.390 e. The minimum absolute atomic E-state index is 0.205. The molecule has 0 spiro atoms. The van der Waals surface area contributed by atoms with Crippen LogP contribution in [0.3, 0.4) is 0 Å². The van der Waals surface area contributed by atoms with Gasteiger partial charge in [-0.05, 0) is 50.4 Å². The van der Waals surface area contributed by atoms with Crippen LogP contribution in [0.1, 0.15) is 45.4 Å². The van der Waals surface area contributed by atoms with Gasteiger partial charge in [-0.2, -0.15) is 0 Å². The third-order valence-corrected chi connectivity index (χ3v) is 6.47.